The van der Waals surface area contributed by atoms with Gasteiger partial charge in [0.1, 0.15) is 0 Å². The lowest BCUT2D eigenvalue weighted by molar-refractivity contribution is 0.578. The maximum absolute atomic E-state index is 6.19. The molecule has 0 spiro atoms. The van der Waals surface area contributed by atoms with Crippen LogP contribution in [-0.2, 0) is 12.8 Å². The molecule has 0 saturated carbocycles. The van der Waals surface area contributed by atoms with Crippen molar-refractivity contribution in [2.24, 2.45) is 0 Å². The summed E-state index contributed by atoms with van der Waals surface area (Å²) in [7, 11) is 0. The highest BCUT2D eigenvalue weighted by atomic mass is 35.5. The molecule has 0 bridgehead atoms. The lowest BCUT2D eigenvalue weighted by Gasteiger charge is -2.14. The summed E-state index contributed by atoms with van der Waals surface area (Å²) in [5, 5.41) is 10.9. The molecule has 0 amide bonds. The number of hydrogen-bond acceptors (Lipinski definition) is 3. The van der Waals surface area contributed by atoms with Crippen molar-refractivity contribution >= 4 is 29.6 Å². The summed E-state index contributed by atoms with van der Waals surface area (Å²) in [5.74, 6) is 0.472. The standard InChI is InChI=1S/C25H28ClN3S/c1-18(20-9-3-2-4-10-20)29-30-15-14-24-23-13-6-5-11-21(25(23)28-27-24)16-19-8-7-12-22(26)17-19/h2-4,7-10,12,14-15,17-18,21,29H,5-6,11,13,16H2,1H3,(H,27,28)/b15-14+/t18-,21?/m0/s1. The number of hydrogen-bond donors (Lipinski definition) is 2. The minimum absolute atomic E-state index is 0.291. The Morgan fingerprint density at radius 1 is 1.20 bits per heavy atom. The molecule has 1 aromatic heterocycles. The molecule has 1 aliphatic rings. The molecule has 4 rings (SSSR count). The van der Waals surface area contributed by atoms with Gasteiger partial charge in [0, 0.05) is 28.2 Å². The zero-order valence-corrected chi connectivity index (χ0v) is 18.8. The predicted octanol–water partition coefficient (Wildman–Crippen LogP) is 7.09. The van der Waals surface area contributed by atoms with Gasteiger partial charge >= 0.3 is 0 Å². The van der Waals surface area contributed by atoms with E-state index in [4.69, 9.17) is 11.6 Å². The van der Waals surface area contributed by atoms with E-state index in [2.05, 4.69) is 69.7 Å². The fraction of sp³-hybridized carbons (Fsp3) is 0.320. The van der Waals surface area contributed by atoms with E-state index in [0.717, 1.165) is 23.6 Å². The Hall–Kier alpha value is -2.01. The van der Waals surface area contributed by atoms with Gasteiger partial charge in [0.15, 0.2) is 0 Å². The molecule has 2 N–H and O–H groups in total. The van der Waals surface area contributed by atoms with Crippen LogP contribution in [0.25, 0.3) is 6.08 Å². The molecule has 0 fully saturated rings. The summed E-state index contributed by atoms with van der Waals surface area (Å²) >= 11 is 7.81. The van der Waals surface area contributed by atoms with Gasteiger partial charge in [-0.05, 0) is 67.4 Å². The van der Waals surface area contributed by atoms with Gasteiger partial charge in [0.25, 0.3) is 0 Å². The highest BCUT2D eigenvalue weighted by molar-refractivity contribution is 8.00. The van der Waals surface area contributed by atoms with Crippen LogP contribution in [0, 0.1) is 0 Å². The molecule has 2 atom stereocenters. The molecule has 1 heterocycles. The third kappa shape index (κ3) is 5.37. The number of nitrogens with zero attached hydrogens (tertiary/aromatic N) is 1. The molecular formula is C25H28ClN3S. The monoisotopic (exact) mass is 437 g/mol. The van der Waals surface area contributed by atoms with Crippen LogP contribution in [-0.4, -0.2) is 10.2 Å². The smallest absolute Gasteiger partial charge is 0.0888 e. The van der Waals surface area contributed by atoms with Crippen LogP contribution in [0.3, 0.4) is 0 Å². The fourth-order valence-corrected chi connectivity index (χ4v) is 5.00. The third-order valence-electron chi connectivity index (χ3n) is 5.78. The number of rotatable bonds is 7. The minimum atomic E-state index is 0.291. The van der Waals surface area contributed by atoms with Crippen molar-refractivity contribution in [3.05, 3.63) is 93.1 Å². The van der Waals surface area contributed by atoms with Crippen LogP contribution >= 0.6 is 23.5 Å². The molecule has 5 heteroatoms. The van der Waals surface area contributed by atoms with Gasteiger partial charge in [-0.15, -0.1) is 0 Å². The van der Waals surface area contributed by atoms with E-state index in [9.17, 15) is 0 Å². The van der Waals surface area contributed by atoms with Crippen LogP contribution in [0.1, 0.15) is 66.2 Å². The Bertz CT molecular complexity index is 983. The van der Waals surface area contributed by atoms with Crippen LogP contribution in [0.4, 0.5) is 0 Å². The fourth-order valence-electron chi connectivity index (χ4n) is 4.17. The van der Waals surface area contributed by atoms with Crippen molar-refractivity contribution in [2.45, 2.75) is 51.0 Å². The van der Waals surface area contributed by atoms with Gasteiger partial charge in [-0.3, -0.25) is 9.82 Å². The topological polar surface area (TPSA) is 40.7 Å². The van der Waals surface area contributed by atoms with Crippen LogP contribution < -0.4 is 4.72 Å². The average Bonchev–Trinajstić information content (AvgIpc) is 3.06. The molecule has 2 aromatic carbocycles. The quantitative estimate of drug-likeness (QED) is 0.306. The Morgan fingerprint density at radius 2 is 2.07 bits per heavy atom. The number of aromatic nitrogens is 2. The van der Waals surface area contributed by atoms with E-state index in [-0.39, 0.29) is 0 Å². The second-order valence-corrected chi connectivity index (χ2v) is 9.13. The summed E-state index contributed by atoms with van der Waals surface area (Å²) in [6.45, 7) is 2.18. The van der Waals surface area contributed by atoms with E-state index in [1.165, 1.54) is 41.6 Å². The molecular weight excluding hydrogens is 410 g/mol. The number of halogens is 1. The molecule has 0 radical (unpaired) electrons. The normalized spacial score (nSPS) is 17.6. The van der Waals surface area contributed by atoms with Crippen molar-refractivity contribution in [1.29, 1.82) is 0 Å². The number of nitrogens with one attached hydrogen (secondary N) is 2. The maximum Gasteiger partial charge on any atom is 0.0888 e. The van der Waals surface area contributed by atoms with Crippen LogP contribution in [0.2, 0.25) is 5.02 Å². The van der Waals surface area contributed by atoms with Crippen molar-refractivity contribution < 1.29 is 0 Å². The van der Waals surface area contributed by atoms with E-state index < -0.39 is 0 Å². The zero-order valence-electron chi connectivity index (χ0n) is 17.3. The maximum atomic E-state index is 6.19. The third-order valence-corrected chi connectivity index (χ3v) is 6.78. The summed E-state index contributed by atoms with van der Waals surface area (Å²) in [6, 6.07) is 19.0. The summed E-state index contributed by atoms with van der Waals surface area (Å²) in [6.07, 6.45) is 7.89. The van der Waals surface area contributed by atoms with E-state index in [0.29, 0.717) is 12.0 Å². The van der Waals surface area contributed by atoms with Crippen molar-refractivity contribution in [2.75, 3.05) is 0 Å². The van der Waals surface area contributed by atoms with Gasteiger partial charge in [-0.25, -0.2) is 0 Å². The van der Waals surface area contributed by atoms with Gasteiger partial charge in [-0.2, -0.15) is 5.10 Å². The summed E-state index contributed by atoms with van der Waals surface area (Å²) in [4.78, 5) is 0. The number of H-pyrrole nitrogens is 1. The molecule has 1 unspecified atom stereocenters. The molecule has 3 nitrogen and oxygen atoms in total. The van der Waals surface area contributed by atoms with Crippen molar-refractivity contribution in [3.8, 4) is 0 Å². The van der Waals surface area contributed by atoms with Crippen molar-refractivity contribution in [3.63, 3.8) is 0 Å². The SMILES string of the molecule is C[C@H](NS/C=C/c1n[nH]c2c1CCCCC2Cc1cccc(Cl)c1)c1ccccc1. The Kier molecular flexibility index (Phi) is 7.32. The first-order valence-electron chi connectivity index (χ1n) is 10.6. The van der Waals surface area contributed by atoms with Gasteiger partial charge < -0.3 is 0 Å². The van der Waals surface area contributed by atoms with E-state index in [1.807, 2.05) is 18.2 Å². The van der Waals surface area contributed by atoms with Gasteiger partial charge in [0.2, 0.25) is 0 Å². The molecule has 0 saturated heterocycles. The first-order valence-corrected chi connectivity index (χ1v) is 11.9. The highest BCUT2D eigenvalue weighted by Crippen LogP contribution is 2.34. The van der Waals surface area contributed by atoms with E-state index >= 15 is 0 Å². The Balaban J connectivity index is 1.42. The zero-order chi connectivity index (χ0) is 20.8. The first kappa shape index (κ1) is 21.2. The molecule has 1 aliphatic carbocycles. The number of benzene rings is 2. The highest BCUT2D eigenvalue weighted by Gasteiger charge is 2.23. The average molecular weight is 438 g/mol. The number of aromatic amines is 1. The van der Waals surface area contributed by atoms with Crippen molar-refractivity contribution in [1.82, 2.24) is 14.9 Å². The molecule has 0 aliphatic heterocycles. The van der Waals surface area contributed by atoms with Crippen LogP contribution in [0.5, 0.6) is 0 Å². The lowest BCUT2D eigenvalue weighted by Crippen LogP contribution is -2.08. The van der Waals surface area contributed by atoms with Crippen LogP contribution in [0.15, 0.2) is 60.0 Å². The second kappa shape index (κ2) is 10.3. The minimum Gasteiger partial charge on any atom is -0.281 e. The second-order valence-electron chi connectivity index (χ2n) is 7.95. The lowest BCUT2D eigenvalue weighted by atomic mass is 9.91. The Labute approximate surface area is 188 Å². The van der Waals surface area contributed by atoms with Gasteiger partial charge in [0.05, 0.1) is 5.69 Å². The molecule has 3 aromatic rings. The summed E-state index contributed by atoms with van der Waals surface area (Å²) in [5.41, 5.74) is 6.34. The Morgan fingerprint density at radius 3 is 2.90 bits per heavy atom. The first-order chi connectivity index (χ1) is 14.7. The predicted molar refractivity (Wildman–Crippen MR) is 129 cm³/mol. The van der Waals surface area contributed by atoms with E-state index in [1.54, 1.807) is 11.9 Å². The largest absolute Gasteiger partial charge is 0.281 e. The number of fused-ring (bicyclic) bond motifs is 1. The molecule has 30 heavy (non-hydrogen) atoms. The molecule has 156 valence electrons. The van der Waals surface area contributed by atoms with Gasteiger partial charge in [-0.1, -0.05) is 72.4 Å². The summed E-state index contributed by atoms with van der Waals surface area (Å²) < 4.78 is 3.48.